The summed E-state index contributed by atoms with van der Waals surface area (Å²) >= 11 is 5.68. The fourth-order valence-electron chi connectivity index (χ4n) is 1.14. The van der Waals surface area contributed by atoms with Crippen LogP contribution < -0.4 is 4.74 Å². The Bertz CT molecular complexity index is 285. The molecule has 1 rings (SSSR count). The van der Waals surface area contributed by atoms with Crippen LogP contribution in [-0.2, 0) is 4.79 Å². The molecule has 0 radical (unpaired) electrons. The van der Waals surface area contributed by atoms with Crippen LogP contribution in [0.15, 0.2) is 30.3 Å². The zero-order valence-electron chi connectivity index (χ0n) is 8.07. The minimum absolute atomic E-state index is 0.0894. The third kappa shape index (κ3) is 3.79. The summed E-state index contributed by atoms with van der Waals surface area (Å²) in [5.41, 5.74) is 0. The van der Waals surface area contributed by atoms with Crippen LogP contribution >= 0.6 is 11.6 Å². The van der Waals surface area contributed by atoms with Gasteiger partial charge in [-0.2, -0.15) is 0 Å². The Hall–Kier alpha value is -1.02. The number of para-hydroxylation sites is 1. The molecule has 3 heteroatoms. The maximum atomic E-state index is 10.9. The maximum Gasteiger partial charge on any atom is 0.133 e. The van der Waals surface area contributed by atoms with Gasteiger partial charge in [0.05, 0.1) is 5.88 Å². The molecule has 0 aliphatic carbocycles. The van der Waals surface area contributed by atoms with Gasteiger partial charge < -0.3 is 4.74 Å². The van der Waals surface area contributed by atoms with Crippen LogP contribution in [0.5, 0.6) is 5.75 Å². The molecule has 0 N–H and O–H groups in total. The SMILES string of the molecule is CC(=O)CC(CCl)Oc1ccccc1. The van der Waals surface area contributed by atoms with E-state index in [0.717, 1.165) is 5.75 Å². The normalized spacial score (nSPS) is 12.1. The minimum Gasteiger partial charge on any atom is -0.489 e. The van der Waals surface area contributed by atoms with Gasteiger partial charge in [-0.25, -0.2) is 0 Å². The van der Waals surface area contributed by atoms with Gasteiger partial charge in [-0.15, -0.1) is 11.6 Å². The Labute approximate surface area is 88.8 Å². The Morgan fingerprint density at radius 3 is 2.57 bits per heavy atom. The summed E-state index contributed by atoms with van der Waals surface area (Å²) in [4.78, 5) is 10.9. The van der Waals surface area contributed by atoms with Crippen LogP contribution in [-0.4, -0.2) is 17.8 Å². The largest absolute Gasteiger partial charge is 0.489 e. The minimum atomic E-state index is -0.225. The number of ether oxygens (including phenoxy) is 1. The van der Waals surface area contributed by atoms with Crippen molar-refractivity contribution >= 4 is 17.4 Å². The standard InChI is InChI=1S/C11H13ClO2/c1-9(13)7-11(8-12)14-10-5-3-2-4-6-10/h2-6,11H,7-8H2,1H3. The molecule has 0 bridgehead atoms. The zero-order chi connectivity index (χ0) is 10.4. The molecule has 1 aromatic carbocycles. The lowest BCUT2D eigenvalue weighted by atomic mass is 10.2. The molecule has 76 valence electrons. The predicted octanol–water partition coefficient (Wildman–Crippen LogP) is 2.65. The van der Waals surface area contributed by atoms with Gasteiger partial charge in [-0.1, -0.05) is 18.2 Å². The number of hydrogen-bond acceptors (Lipinski definition) is 2. The van der Waals surface area contributed by atoms with Crippen molar-refractivity contribution in [3.63, 3.8) is 0 Å². The van der Waals surface area contributed by atoms with Gasteiger partial charge in [-0.05, 0) is 19.1 Å². The van der Waals surface area contributed by atoms with Gasteiger partial charge in [0.1, 0.15) is 17.6 Å². The summed E-state index contributed by atoms with van der Waals surface area (Å²) in [6.45, 7) is 1.54. The number of alkyl halides is 1. The highest BCUT2D eigenvalue weighted by molar-refractivity contribution is 6.18. The van der Waals surface area contributed by atoms with E-state index in [4.69, 9.17) is 16.3 Å². The van der Waals surface area contributed by atoms with Crippen LogP contribution in [0, 0.1) is 0 Å². The quantitative estimate of drug-likeness (QED) is 0.702. The molecule has 0 aromatic heterocycles. The lowest BCUT2D eigenvalue weighted by Crippen LogP contribution is -2.21. The number of hydrogen-bond donors (Lipinski definition) is 0. The average Bonchev–Trinajstić information content (AvgIpc) is 2.17. The van der Waals surface area contributed by atoms with Crippen molar-refractivity contribution in [2.45, 2.75) is 19.4 Å². The fraction of sp³-hybridized carbons (Fsp3) is 0.364. The summed E-state index contributed by atoms with van der Waals surface area (Å²) in [7, 11) is 0. The molecule has 0 fully saturated rings. The number of rotatable bonds is 5. The first kappa shape index (κ1) is 11.1. The Balaban J connectivity index is 2.53. The van der Waals surface area contributed by atoms with Crippen LogP contribution in [0.3, 0.4) is 0 Å². The van der Waals surface area contributed by atoms with E-state index in [-0.39, 0.29) is 11.9 Å². The molecule has 0 spiro atoms. The van der Waals surface area contributed by atoms with Gasteiger partial charge in [-0.3, -0.25) is 4.79 Å². The van der Waals surface area contributed by atoms with Gasteiger partial charge in [0, 0.05) is 6.42 Å². The van der Waals surface area contributed by atoms with E-state index in [2.05, 4.69) is 0 Å². The summed E-state index contributed by atoms with van der Waals surface area (Å²) in [5.74, 6) is 1.17. The van der Waals surface area contributed by atoms with Crippen molar-refractivity contribution < 1.29 is 9.53 Å². The third-order valence-electron chi connectivity index (χ3n) is 1.73. The van der Waals surface area contributed by atoms with Crippen molar-refractivity contribution in [3.05, 3.63) is 30.3 Å². The van der Waals surface area contributed by atoms with E-state index >= 15 is 0 Å². The summed E-state index contributed by atoms with van der Waals surface area (Å²) in [6, 6.07) is 9.37. The molecule has 0 aliphatic rings. The van der Waals surface area contributed by atoms with Crippen molar-refractivity contribution in [1.82, 2.24) is 0 Å². The van der Waals surface area contributed by atoms with E-state index in [1.165, 1.54) is 6.92 Å². The van der Waals surface area contributed by atoms with Gasteiger partial charge in [0.2, 0.25) is 0 Å². The first-order chi connectivity index (χ1) is 6.72. The second-order valence-electron chi connectivity index (χ2n) is 3.11. The highest BCUT2D eigenvalue weighted by atomic mass is 35.5. The molecular formula is C11H13ClO2. The van der Waals surface area contributed by atoms with Crippen molar-refractivity contribution in [1.29, 1.82) is 0 Å². The second-order valence-corrected chi connectivity index (χ2v) is 3.42. The van der Waals surface area contributed by atoms with Crippen LogP contribution in [0.25, 0.3) is 0 Å². The highest BCUT2D eigenvalue weighted by Gasteiger charge is 2.11. The van der Waals surface area contributed by atoms with Crippen LogP contribution in [0.1, 0.15) is 13.3 Å². The first-order valence-corrected chi connectivity index (χ1v) is 5.03. The topological polar surface area (TPSA) is 26.3 Å². The van der Waals surface area contributed by atoms with Crippen molar-refractivity contribution in [2.24, 2.45) is 0 Å². The number of ketones is 1. The molecule has 0 saturated heterocycles. The number of carbonyl (C=O) groups is 1. The van der Waals surface area contributed by atoms with Crippen molar-refractivity contribution in [2.75, 3.05) is 5.88 Å². The van der Waals surface area contributed by atoms with Gasteiger partial charge in [0.25, 0.3) is 0 Å². The molecule has 0 heterocycles. The zero-order valence-corrected chi connectivity index (χ0v) is 8.83. The number of benzene rings is 1. The molecule has 1 unspecified atom stereocenters. The van der Waals surface area contributed by atoms with E-state index in [0.29, 0.717) is 12.3 Å². The predicted molar refractivity (Wildman–Crippen MR) is 56.9 cm³/mol. The Kier molecular flexibility index (Phi) is 4.47. The van der Waals surface area contributed by atoms with E-state index in [1.807, 2.05) is 30.3 Å². The average molecular weight is 213 g/mol. The maximum absolute atomic E-state index is 10.9. The Morgan fingerprint density at radius 2 is 2.07 bits per heavy atom. The van der Waals surface area contributed by atoms with Gasteiger partial charge in [0.15, 0.2) is 0 Å². The molecule has 1 atom stereocenters. The molecule has 1 aromatic rings. The van der Waals surface area contributed by atoms with Gasteiger partial charge >= 0.3 is 0 Å². The lowest BCUT2D eigenvalue weighted by Gasteiger charge is -2.14. The molecule has 0 saturated carbocycles. The molecule has 2 nitrogen and oxygen atoms in total. The van der Waals surface area contributed by atoms with E-state index in [1.54, 1.807) is 0 Å². The third-order valence-corrected chi connectivity index (χ3v) is 2.08. The molecule has 14 heavy (non-hydrogen) atoms. The summed E-state index contributed by atoms with van der Waals surface area (Å²) in [5, 5.41) is 0. The van der Waals surface area contributed by atoms with E-state index < -0.39 is 0 Å². The number of Topliss-reactive ketones (excluding diaryl/α,β-unsaturated/α-hetero) is 1. The monoisotopic (exact) mass is 212 g/mol. The lowest BCUT2D eigenvalue weighted by molar-refractivity contribution is -0.118. The smallest absolute Gasteiger partial charge is 0.133 e. The van der Waals surface area contributed by atoms with Crippen LogP contribution in [0.2, 0.25) is 0 Å². The number of carbonyl (C=O) groups excluding carboxylic acids is 1. The van der Waals surface area contributed by atoms with Crippen LogP contribution in [0.4, 0.5) is 0 Å². The summed E-state index contributed by atoms with van der Waals surface area (Å²) in [6.07, 6.45) is 0.134. The second kappa shape index (κ2) is 5.66. The van der Waals surface area contributed by atoms with E-state index in [9.17, 15) is 4.79 Å². The highest BCUT2D eigenvalue weighted by Crippen LogP contribution is 2.13. The number of halogens is 1. The van der Waals surface area contributed by atoms with Crippen molar-refractivity contribution in [3.8, 4) is 5.75 Å². The first-order valence-electron chi connectivity index (χ1n) is 4.49. The fourth-order valence-corrected chi connectivity index (χ4v) is 1.31. The molecule has 0 amide bonds. The Morgan fingerprint density at radius 1 is 1.43 bits per heavy atom. The molecular weight excluding hydrogens is 200 g/mol. The summed E-state index contributed by atoms with van der Waals surface area (Å²) < 4.78 is 5.52. The molecule has 0 aliphatic heterocycles.